The number of amides is 1. The number of rotatable bonds is 7. The Kier molecular flexibility index (Phi) is 6.73. The van der Waals surface area contributed by atoms with Gasteiger partial charge >= 0.3 is 0 Å². The first-order valence-corrected chi connectivity index (χ1v) is 13.0. The van der Waals surface area contributed by atoms with Gasteiger partial charge in [0.1, 0.15) is 4.34 Å². The van der Waals surface area contributed by atoms with E-state index in [9.17, 15) is 18.0 Å². The zero-order valence-electron chi connectivity index (χ0n) is 16.4. The number of nitrogens with zero attached hydrogens (tertiary/aromatic N) is 1. The minimum Gasteiger partial charge on any atom is -0.381 e. The lowest BCUT2D eigenvalue weighted by molar-refractivity contribution is -0.118. The zero-order valence-corrected chi connectivity index (χ0v) is 19.5. The van der Waals surface area contributed by atoms with Crippen LogP contribution in [0.25, 0.3) is 0 Å². The summed E-state index contributed by atoms with van der Waals surface area (Å²) in [5, 5.41) is 2.30. The summed E-state index contributed by atoms with van der Waals surface area (Å²) in [4.78, 5) is 32.5. The number of aromatic amines is 1. The van der Waals surface area contributed by atoms with Gasteiger partial charge in [-0.2, -0.15) is 0 Å². The molecule has 2 aliphatic rings. The Hall–Kier alpha value is -1.46. The van der Waals surface area contributed by atoms with E-state index in [-0.39, 0.29) is 26.5 Å². The second-order valence-corrected chi connectivity index (χ2v) is 12.0. The zero-order chi connectivity index (χ0) is 22.2. The van der Waals surface area contributed by atoms with Gasteiger partial charge < -0.3 is 15.0 Å². The highest BCUT2D eigenvalue weighted by molar-refractivity contribution is 7.92. The Bertz CT molecular complexity index is 1140. The smallest absolute Gasteiger partial charge is 0.253 e. The van der Waals surface area contributed by atoms with Gasteiger partial charge in [0, 0.05) is 25.0 Å². The molecule has 1 atom stereocenters. The molecule has 1 aliphatic carbocycles. The number of pyridine rings is 1. The van der Waals surface area contributed by atoms with Gasteiger partial charge in [0.25, 0.3) is 5.56 Å². The molecule has 8 nitrogen and oxygen atoms in total. The third-order valence-electron chi connectivity index (χ3n) is 5.57. The average molecular weight is 506 g/mol. The molecule has 2 N–H and O–H groups in total. The molecule has 168 valence electrons. The maximum atomic E-state index is 13.3. The van der Waals surface area contributed by atoms with Crippen molar-refractivity contribution >= 4 is 55.4 Å². The number of hydrogen-bond acceptors (Lipinski definition) is 7. The van der Waals surface area contributed by atoms with Crippen molar-refractivity contribution in [3.63, 3.8) is 0 Å². The number of anilines is 1. The van der Waals surface area contributed by atoms with Crippen LogP contribution in [0.2, 0.25) is 9.36 Å². The maximum Gasteiger partial charge on any atom is 0.253 e. The Morgan fingerprint density at radius 3 is 2.61 bits per heavy atom. The van der Waals surface area contributed by atoms with E-state index in [1.54, 1.807) is 0 Å². The van der Waals surface area contributed by atoms with Gasteiger partial charge in [0.15, 0.2) is 15.0 Å². The van der Waals surface area contributed by atoms with Crippen LogP contribution in [0, 0.1) is 5.92 Å². The van der Waals surface area contributed by atoms with Gasteiger partial charge in [-0.3, -0.25) is 9.59 Å². The minimum absolute atomic E-state index is 0.0800. The van der Waals surface area contributed by atoms with Crippen molar-refractivity contribution < 1.29 is 17.9 Å². The lowest BCUT2D eigenvalue weighted by Gasteiger charge is -2.27. The molecule has 1 aliphatic heterocycles. The molecular weight excluding hydrogens is 485 g/mol. The third-order valence-corrected chi connectivity index (χ3v) is 9.36. The van der Waals surface area contributed by atoms with Crippen LogP contribution in [-0.4, -0.2) is 42.8 Å². The van der Waals surface area contributed by atoms with Crippen LogP contribution in [0.15, 0.2) is 22.1 Å². The second-order valence-electron chi connectivity index (χ2n) is 7.76. The van der Waals surface area contributed by atoms with E-state index >= 15 is 0 Å². The number of nitrogens with one attached hydrogen (secondary N) is 2. The lowest BCUT2D eigenvalue weighted by Crippen LogP contribution is -2.32. The first-order valence-electron chi connectivity index (χ1n) is 9.92. The number of ether oxygens (including phenoxy) is 1. The summed E-state index contributed by atoms with van der Waals surface area (Å²) in [5.41, 5.74) is -0.737. The second kappa shape index (κ2) is 9.19. The van der Waals surface area contributed by atoms with Gasteiger partial charge in [0.2, 0.25) is 5.91 Å². The summed E-state index contributed by atoms with van der Waals surface area (Å²) < 4.78 is 32.1. The fourth-order valence-corrected chi connectivity index (χ4v) is 7.09. The van der Waals surface area contributed by atoms with Crippen LogP contribution in [0.4, 0.5) is 5.13 Å². The minimum atomic E-state index is -3.83. The predicted molar refractivity (Wildman–Crippen MR) is 119 cm³/mol. The van der Waals surface area contributed by atoms with Crippen molar-refractivity contribution in [2.24, 2.45) is 5.92 Å². The summed E-state index contributed by atoms with van der Waals surface area (Å²) >= 11 is 13.3. The third kappa shape index (κ3) is 4.98. The first kappa shape index (κ1) is 22.7. The lowest BCUT2D eigenvalue weighted by atomic mass is 9.85. The highest BCUT2D eigenvalue weighted by Gasteiger charge is 2.42. The molecule has 1 amide bonds. The van der Waals surface area contributed by atoms with Gasteiger partial charge in [-0.1, -0.05) is 34.5 Å². The van der Waals surface area contributed by atoms with Crippen molar-refractivity contribution in [2.45, 2.75) is 48.2 Å². The number of H-pyrrole nitrogens is 1. The molecule has 0 bridgehead atoms. The molecule has 1 saturated heterocycles. The Morgan fingerprint density at radius 1 is 1.29 bits per heavy atom. The van der Waals surface area contributed by atoms with Crippen molar-refractivity contribution in [2.75, 3.05) is 18.5 Å². The summed E-state index contributed by atoms with van der Waals surface area (Å²) in [5.74, 6) is -1.44. The molecule has 2 aromatic heterocycles. The summed E-state index contributed by atoms with van der Waals surface area (Å²) in [6, 6.07) is 0. The number of carbonyl (C=O) groups excluding carboxylic acids is 1. The Balaban J connectivity index is 1.78. The SMILES string of the molecule is O=C(Nc1ncc(Cl)s1)[C@H](CC1CCOCC1)c1c(S(=O)(=O)C2CC2)c(Cl)c[nH]c1=O. The molecule has 1 saturated carbocycles. The van der Waals surface area contributed by atoms with Gasteiger partial charge in [-0.25, -0.2) is 13.4 Å². The molecule has 0 spiro atoms. The quantitative estimate of drug-likeness (QED) is 0.593. The number of thiazole rings is 1. The van der Waals surface area contributed by atoms with E-state index in [4.69, 9.17) is 27.9 Å². The van der Waals surface area contributed by atoms with Crippen LogP contribution < -0.4 is 10.9 Å². The monoisotopic (exact) mass is 505 g/mol. The van der Waals surface area contributed by atoms with Crippen molar-refractivity contribution in [1.82, 2.24) is 9.97 Å². The molecule has 31 heavy (non-hydrogen) atoms. The maximum absolute atomic E-state index is 13.3. The number of aromatic nitrogens is 2. The number of sulfone groups is 1. The fraction of sp³-hybridized carbons (Fsp3) is 0.526. The predicted octanol–water partition coefficient (Wildman–Crippen LogP) is 3.61. The highest BCUT2D eigenvalue weighted by atomic mass is 35.5. The molecule has 4 rings (SSSR count). The van der Waals surface area contributed by atoms with Gasteiger partial charge in [-0.15, -0.1) is 0 Å². The van der Waals surface area contributed by atoms with Crippen LogP contribution in [0.3, 0.4) is 0 Å². The van der Waals surface area contributed by atoms with E-state index < -0.39 is 32.5 Å². The molecule has 2 fully saturated rings. The van der Waals surface area contributed by atoms with Crippen molar-refractivity contribution in [1.29, 1.82) is 0 Å². The van der Waals surface area contributed by atoms with E-state index in [0.717, 1.165) is 24.2 Å². The van der Waals surface area contributed by atoms with E-state index in [1.165, 1.54) is 12.4 Å². The standard InChI is InChI=1S/C19H21Cl2N3O5S2/c20-13-8-22-18(26)15(16(13)31(27,28)11-1-2-11)12(7-10-3-5-29-6-4-10)17(25)24-19-23-9-14(21)30-19/h8-12H,1-7H2,(H,22,26)(H,23,24,25)/t12-/m1/s1. The molecule has 0 aromatic carbocycles. The topological polar surface area (TPSA) is 118 Å². The van der Waals surface area contributed by atoms with Gasteiger partial charge in [0.05, 0.1) is 27.3 Å². The normalized spacial score (nSPS) is 18.6. The largest absolute Gasteiger partial charge is 0.381 e. The highest BCUT2D eigenvalue weighted by Crippen LogP contribution is 2.41. The van der Waals surface area contributed by atoms with Crippen LogP contribution in [-0.2, 0) is 19.4 Å². The molecule has 12 heteroatoms. The molecule has 2 aromatic rings. The molecule has 3 heterocycles. The number of hydrogen-bond donors (Lipinski definition) is 2. The van der Waals surface area contributed by atoms with Crippen molar-refractivity contribution in [3.8, 4) is 0 Å². The number of carbonyl (C=O) groups is 1. The van der Waals surface area contributed by atoms with E-state index in [1.807, 2.05) is 0 Å². The number of halogens is 2. The Morgan fingerprint density at radius 2 is 2.00 bits per heavy atom. The van der Waals surface area contributed by atoms with Gasteiger partial charge in [-0.05, 0) is 38.0 Å². The average Bonchev–Trinajstić information content (AvgIpc) is 3.52. The summed E-state index contributed by atoms with van der Waals surface area (Å²) in [7, 11) is -3.83. The molecular formula is C19H21Cl2N3O5S2. The van der Waals surface area contributed by atoms with Crippen molar-refractivity contribution in [3.05, 3.63) is 37.7 Å². The molecule has 0 unspecified atom stereocenters. The van der Waals surface area contributed by atoms with Crippen LogP contribution in [0.5, 0.6) is 0 Å². The van der Waals surface area contributed by atoms with Crippen LogP contribution >= 0.6 is 34.5 Å². The van der Waals surface area contributed by atoms with E-state index in [2.05, 4.69) is 15.3 Å². The summed E-state index contributed by atoms with van der Waals surface area (Å²) in [6.07, 6.45) is 5.34. The fourth-order valence-electron chi connectivity index (χ4n) is 3.83. The first-order chi connectivity index (χ1) is 14.8. The van der Waals surface area contributed by atoms with Crippen LogP contribution in [0.1, 0.15) is 43.6 Å². The molecule has 0 radical (unpaired) electrons. The van der Waals surface area contributed by atoms with E-state index in [0.29, 0.717) is 36.8 Å². The Labute approximate surface area is 193 Å². The summed E-state index contributed by atoms with van der Waals surface area (Å²) in [6.45, 7) is 1.11.